The molecule has 0 unspecified atom stereocenters. The molecule has 2 aromatic rings. The number of esters is 1. The Balaban J connectivity index is 1.65. The highest BCUT2D eigenvalue weighted by Crippen LogP contribution is 2.15. The van der Waals surface area contributed by atoms with Gasteiger partial charge in [-0.05, 0) is 31.2 Å². The summed E-state index contributed by atoms with van der Waals surface area (Å²) in [5.74, 6) is 0.399. The minimum atomic E-state index is -0.296. The maximum Gasteiger partial charge on any atom is 0.312 e. The number of carbonyl (C=O) groups is 1. The molecule has 106 valence electrons. The van der Waals surface area contributed by atoms with Crippen LogP contribution in [0.4, 0.5) is 0 Å². The van der Waals surface area contributed by atoms with Gasteiger partial charge in [0, 0.05) is 10.4 Å². The van der Waals surface area contributed by atoms with Gasteiger partial charge >= 0.3 is 5.97 Å². The molecule has 0 saturated carbocycles. The van der Waals surface area contributed by atoms with E-state index in [1.54, 1.807) is 24.3 Å². The largest absolute Gasteiger partial charge is 0.490 e. The molecule has 0 aliphatic rings. The SMILES string of the molecule is Cc1nc(CC(=O)OCCOc2ccc(Cl)cc2)cs1. The summed E-state index contributed by atoms with van der Waals surface area (Å²) in [6, 6.07) is 7.02. The van der Waals surface area contributed by atoms with E-state index in [1.807, 2.05) is 12.3 Å². The van der Waals surface area contributed by atoms with Crippen molar-refractivity contribution < 1.29 is 14.3 Å². The Morgan fingerprint density at radius 3 is 2.70 bits per heavy atom. The van der Waals surface area contributed by atoms with Crippen LogP contribution in [0.3, 0.4) is 0 Å². The highest BCUT2D eigenvalue weighted by atomic mass is 35.5. The highest BCUT2D eigenvalue weighted by molar-refractivity contribution is 7.09. The molecule has 1 heterocycles. The quantitative estimate of drug-likeness (QED) is 0.607. The van der Waals surface area contributed by atoms with E-state index in [0.29, 0.717) is 17.4 Å². The normalized spacial score (nSPS) is 10.3. The number of hydrogen-bond donors (Lipinski definition) is 0. The van der Waals surface area contributed by atoms with Gasteiger partial charge in [0.1, 0.15) is 19.0 Å². The smallest absolute Gasteiger partial charge is 0.312 e. The second-order valence-corrected chi connectivity index (χ2v) is 5.56. The molecule has 2 rings (SSSR count). The lowest BCUT2D eigenvalue weighted by molar-refractivity contribution is -0.143. The third-order valence-electron chi connectivity index (χ3n) is 2.42. The minimum absolute atomic E-state index is 0.200. The molecule has 0 bridgehead atoms. The van der Waals surface area contributed by atoms with Crippen LogP contribution in [0, 0.1) is 6.92 Å². The summed E-state index contributed by atoms with van der Waals surface area (Å²) in [5, 5.41) is 3.46. The van der Waals surface area contributed by atoms with Crippen molar-refractivity contribution >= 4 is 28.9 Å². The van der Waals surface area contributed by atoms with Crippen LogP contribution in [-0.2, 0) is 16.0 Å². The summed E-state index contributed by atoms with van der Waals surface area (Å²) >= 11 is 7.28. The summed E-state index contributed by atoms with van der Waals surface area (Å²) in [6.45, 7) is 2.42. The first kappa shape index (κ1) is 14.8. The van der Waals surface area contributed by atoms with Gasteiger partial charge in [0.15, 0.2) is 0 Å². The van der Waals surface area contributed by atoms with Crippen molar-refractivity contribution in [2.45, 2.75) is 13.3 Å². The van der Waals surface area contributed by atoms with E-state index in [0.717, 1.165) is 10.7 Å². The van der Waals surface area contributed by atoms with E-state index in [4.69, 9.17) is 21.1 Å². The number of benzene rings is 1. The predicted molar refractivity (Wildman–Crippen MR) is 78.5 cm³/mol. The van der Waals surface area contributed by atoms with Gasteiger partial charge in [-0.2, -0.15) is 0 Å². The third kappa shape index (κ3) is 4.83. The van der Waals surface area contributed by atoms with E-state index < -0.39 is 0 Å². The average Bonchev–Trinajstić information content (AvgIpc) is 2.82. The molecular formula is C14H14ClNO3S. The molecular weight excluding hydrogens is 298 g/mol. The molecule has 6 heteroatoms. The zero-order chi connectivity index (χ0) is 14.4. The van der Waals surface area contributed by atoms with Crippen molar-refractivity contribution in [2.24, 2.45) is 0 Å². The molecule has 0 amide bonds. The van der Waals surface area contributed by atoms with Gasteiger partial charge in [-0.1, -0.05) is 11.6 Å². The molecule has 0 N–H and O–H groups in total. The summed E-state index contributed by atoms with van der Waals surface area (Å²) in [7, 11) is 0. The molecule has 0 spiro atoms. The van der Waals surface area contributed by atoms with Crippen molar-refractivity contribution in [3.05, 3.63) is 45.4 Å². The Labute approximate surface area is 126 Å². The second kappa shape index (κ2) is 7.26. The van der Waals surface area contributed by atoms with Crippen molar-refractivity contribution in [2.75, 3.05) is 13.2 Å². The highest BCUT2D eigenvalue weighted by Gasteiger charge is 2.07. The molecule has 0 saturated heterocycles. The topological polar surface area (TPSA) is 48.4 Å². The molecule has 0 fully saturated rings. The zero-order valence-electron chi connectivity index (χ0n) is 11.0. The lowest BCUT2D eigenvalue weighted by Gasteiger charge is -2.07. The Morgan fingerprint density at radius 2 is 2.05 bits per heavy atom. The zero-order valence-corrected chi connectivity index (χ0v) is 12.5. The number of thiazole rings is 1. The third-order valence-corrected chi connectivity index (χ3v) is 3.50. The fourth-order valence-electron chi connectivity index (χ4n) is 1.53. The van der Waals surface area contributed by atoms with Crippen molar-refractivity contribution in [1.29, 1.82) is 0 Å². The summed E-state index contributed by atoms with van der Waals surface area (Å²) in [5.41, 5.74) is 0.746. The number of halogens is 1. The van der Waals surface area contributed by atoms with Crippen molar-refractivity contribution in [1.82, 2.24) is 4.98 Å². The molecule has 0 aliphatic heterocycles. The predicted octanol–water partition coefficient (Wildman–Crippen LogP) is 3.27. The van der Waals surface area contributed by atoms with E-state index in [9.17, 15) is 4.79 Å². The first-order valence-corrected chi connectivity index (χ1v) is 7.34. The molecule has 1 aromatic carbocycles. The second-order valence-electron chi connectivity index (χ2n) is 4.06. The lowest BCUT2D eigenvalue weighted by Crippen LogP contribution is -2.14. The van der Waals surface area contributed by atoms with Gasteiger partial charge in [-0.15, -0.1) is 11.3 Å². The lowest BCUT2D eigenvalue weighted by atomic mass is 10.3. The van der Waals surface area contributed by atoms with E-state index in [1.165, 1.54) is 11.3 Å². The number of rotatable bonds is 6. The van der Waals surface area contributed by atoms with Gasteiger partial charge in [-0.3, -0.25) is 4.79 Å². The molecule has 4 nitrogen and oxygen atoms in total. The van der Waals surface area contributed by atoms with Crippen LogP contribution >= 0.6 is 22.9 Å². The van der Waals surface area contributed by atoms with Gasteiger partial charge in [-0.25, -0.2) is 4.98 Å². The molecule has 20 heavy (non-hydrogen) atoms. The summed E-state index contributed by atoms with van der Waals surface area (Å²) in [4.78, 5) is 15.8. The number of carbonyl (C=O) groups excluding carboxylic acids is 1. The molecule has 1 aromatic heterocycles. The van der Waals surface area contributed by atoms with Crippen LogP contribution in [0.2, 0.25) is 5.02 Å². The molecule has 0 aliphatic carbocycles. The van der Waals surface area contributed by atoms with Crippen LogP contribution in [-0.4, -0.2) is 24.2 Å². The van der Waals surface area contributed by atoms with Gasteiger partial charge < -0.3 is 9.47 Å². The van der Waals surface area contributed by atoms with Gasteiger partial charge in [0.05, 0.1) is 17.1 Å². The number of hydrogen-bond acceptors (Lipinski definition) is 5. The fraction of sp³-hybridized carbons (Fsp3) is 0.286. The fourth-order valence-corrected chi connectivity index (χ4v) is 2.27. The molecule has 0 radical (unpaired) electrons. The van der Waals surface area contributed by atoms with Crippen LogP contribution in [0.1, 0.15) is 10.7 Å². The van der Waals surface area contributed by atoms with Crippen LogP contribution in [0.5, 0.6) is 5.75 Å². The average molecular weight is 312 g/mol. The Hall–Kier alpha value is -1.59. The Morgan fingerprint density at radius 1 is 1.30 bits per heavy atom. The van der Waals surface area contributed by atoms with Crippen LogP contribution in [0.25, 0.3) is 0 Å². The number of aromatic nitrogens is 1. The summed E-state index contributed by atoms with van der Waals surface area (Å²) < 4.78 is 10.5. The van der Waals surface area contributed by atoms with Crippen LogP contribution < -0.4 is 4.74 Å². The van der Waals surface area contributed by atoms with E-state index in [-0.39, 0.29) is 19.0 Å². The minimum Gasteiger partial charge on any atom is -0.490 e. The maximum absolute atomic E-state index is 11.5. The first-order chi connectivity index (χ1) is 9.63. The monoisotopic (exact) mass is 311 g/mol. The van der Waals surface area contributed by atoms with Crippen LogP contribution in [0.15, 0.2) is 29.6 Å². The van der Waals surface area contributed by atoms with E-state index >= 15 is 0 Å². The number of nitrogens with zero attached hydrogens (tertiary/aromatic N) is 1. The van der Waals surface area contributed by atoms with Crippen molar-refractivity contribution in [3.8, 4) is 5.75 Å². The van der Waals surface area contributed by atoms with E-state index in [2.05, 4.69) is 4.98 Å². The standard InChI is InChI=1S/C14H14ClNO3S/c1-10-16-12(9-20-10)8-14(17)19-7-6-18-13-4-2-11(15)3-5-13/h2-5,9H,6-8H2,1H3. The summed E-state index contributed by atoms with van der Waals surface area (Å²) in [6.07, 6.45) is 0.200. The molecule has 0 atom stereocenters. The Bertz CT molecular complexity index is 568. The van der Waals surface area contributed by atoms with Crippen molar-refractivity contribution in [3.63, 3.8) is 0 Å². The van der Waals surface area contributed by atoms with Gasteiger partial charge in [0.25, 0.3) is 0 Å². The Kier molecular flexibility index (Phi) is 5.38. The first-order valence-electron chi connectivity index (χ1n) is 6.08. The maximum atomic E-state index is 11.5. The number of ether oxygens (including phenoxy) is 2. The number of aryl methyl sites for hydroxylation is 1. The van der Waals surface area contributed by atoms with Gasteiger partial charge in [0.2, 0.25) is 0 Å².